The Kier molecular flexibility index (Phi) is 4.42. The van der Waals surface area contributed by atoms with Gasteiger partial charge in [0.25, 0.3) is 0 Å². The van der Waals surface area contributed by atoms with Gasteiger partial charge in [0.2, 0.25) is 5.78 Å². The molecule has 22 heavy (non-hydrogen) atoms. The molecule has 1 heterocycles. The fourth-order valence-corrected chi connectivity index (χ4v) is 3.20. The Labute approximate surface area is 134 Å². The van der Waals surface area contributed by atoms with Crippen LogP contribution in [0, 0.1) is 20.8 Å². The number of aryl methyl sites for hydroxylation is 3. The second-order valence-electron chi connectivity index (χ2n) is 5.56. The van der Waals surface area contributed by atoms with Gasteiger partial charge in [-0.1, -0.05) is 29.3 Å². The van der Waals surface area contributed by atoms with E-state index in [9.17, 15) is 9.59 Å². The molecule has 0 amide bonds. The van der Waals surface area contributed by atoms with E-state index in [-0.39, 0.29) is 17.2 Å². The van der Waals surface area contributed by atoms with Crippen LogP contribution in [0.15, 0.2) is 18.2 Å². The van der Waals surface area contributed by atoms with Gasteiger partial charge in [-0.25, -0.2) is 0 Å². The van der Waals surface area contributed by atoms with E-state index in [2.05, 4.69) is 0 Å². The van der Waals surface area contributed by atoms with E-state index in [0.29, 0.717) is 17.0 Å². The molecule has 0 unspecified atom stereocenters. The number of carbonyl (C=O) groups excluding carboxylic acids is 1. The molecule has 0 bridgehead atoms. The number of carboxylic acids is 1. The first-order valence-electron chi connectivity index (χ1n) is 6.90. The molecule has 116 valence electrons. The number of nitrogens with zero attached hydrogens (tertiary/aromatic N) is 1. The van der Waals surface area contributed by atoms with Crippen molar-refractivity contribution in [3.05, 3.63) is 56.9 Å². The highest BCUT2D eigenvalue weighted by atomic mass is 35.5. The average Bonchev–Trinajstić information content (AvgIpc) is 2.61. The lowest BCUT2D eigenvalue weighted by Gasteiger charge is -2.12. The standard InChI is InChI=1S/C17H18ClNO3/c1-9-5-10(2)15(11(3)6-9)17(22)16-13(18)7-12(19(16)4)8-14(20)21/h5-7H,8H2,1-4H3,(H,20,21). The summed E-state index contributed by atoms with van der Waals surface area (Å²) in [5.41, 5.74) is 4.32. The Balaban J connectivity index is 2.56. The summed E-state index contributed by atoms with van der Waals surface area (Å²) in [5, 5.41) is 9.21. The summed E-state index contributed by atoms with van der Waals surface area (Å²) in [6, 6.07) is 5.45. The van der Waals surface area contributed by atoms with Crippen molar-refractivity contribution in [1.29, 1.82) is 0 Å². The number of aliphatic carboxylic acids is 1. The normalized spacial score (nSPS) is 10.8. The molecule has 1 N–H and O–H groups in total. The van der Waals surface area contributed by atoms with Gasteiger partial charge in [0, 0.05) is 18.3 Å². The zero-order chi connectivity index (χ0) is 16.6. The number of hydrogen-bond donors (Lipinski definition) is 1. The van der Waals surface area contributed by atoms with E-state index < -0.39 is 5.97 Å². The van der Waals surface area contributed by atoms with Crippen LogP contribution in [0.4, 0.5) is 0 Å². The number of aromatic nitrogens is 1. The largest absolute Gasteiger partial charge is 0.481 e. The van der Waals surface area contributed by atoms with Gasteiger partial charge < -0.3 is 9.67 Å². The molecule has 0 aliphatic rings. The third kappa shape index (κ3) is 2.92. The topological polar surface area (TPSA) is 59.3 Å². The maximum Gasteiger partial charge on any atom is 0.309 e. The second kappa shape index (κ2) is 5.97. The SMILES string of the molecule is Cc1cc(C)c(C(=O)c2c(Cl)cc(CC(=O)O)n2C)c(C)c1. The third-order valence-corrected chi connectivity index (χ3v) is 4.03. The summed E-state index contributed by atoms with van der Waals surface area (Å²) in [6.07, 6.45) is -0.171. The van der Waals surface area contributed by atoms with Crippen molar-refractivity contribution in [2.75, 3.05) is 0 Å². The van der Waals surface area contributed by atoms with E-state index in [1.165, 1.54) is 0 Å². The molecule has 0 atom stereocenters. The van der Waals surface area contributed by atoms with Crippen LogP contribution >= 0.6 is 11.6 Å². The molecule has 0 spiro atoms. The van der Waals surface area contributed by atoms with Crippen molar-refractivity contribution in [2.45, 2.75) is 27.2 Å². The van der Waals surface area contributed by atoms with Gasteiger partial charge in [0.05, 0.1) is 11.4 Å². The quantitative estimate of drug-likeness (QED) is 0.878. The molecular formula is C17H18ClNO3. The van der Waals surface area contributed by atoms with Gasteiger partial charge in [0.15, 0.2) is 0 Å². The number of halogens is 1. The fourth-order valence-electron chi connectivity index (χ4n) is 2.86. The van der Waals surface area contributed by atoms with Gasteiger partial charge >= 0.3 is 5.97 Å². The van der Waals surface area contributed by atoms with Crippen LogP contribution < -0.4 is 0 Å². The highest BCUT2D eigenvalue weighted by Gasteiger charge is 2.23. The van der Waals surface area contributed by atoms with Crippen LogP contribution in [-0.2, 0) is 18.3 Å². The number of ketones is 1. The van der Waals surface area contributed by atoms with E-state index in [1.54, 1.807) is 17.7 Å². The average molecular weight is 320 g/mol. The van der Waals surface area contributed by atoms with Crippen LogP contribution in [0.25, 0.3) is 0 Å². The first-order valence-corrected chi connectivity index (χ1v) is 7.28. The summed E-state index contributed by atoms with van der Waals surface area (Å²) in [7, 11) is 1.66. The summed E-state index contributed by atoms with van der Waals surface area (Å²) >= 11 is 6.18. The van der Waals surface area contributed by atoms with Gasteiger partial charge in [0.1, 0.15) is 5.69 Å². The number of rotatable bonds is 4. The van der Waals surface area contributed by atoms with Crippen LogP contribution in [0.1, 0.15) is 38.4 Å². The Hall–Kier alpha value is -2.07. The number of carboxylic acid groups (broad SMARTS) is 1. The maximum atomic E-state index is 12.9. The minimum absolute atomic E-state index is 0.171. The predicted octanol–water partition coefficient (Wildman–Crippen LogP) is 3.46. The summed E-state index contributed by atoms with van der Waals surface area (Å²) in [6.45, 7) is 5.76. The van der Waals surface area contributed by atoms with Crippen LogP contribution in [-0.4, -0.2) is 21.4 Å². The molecule has 0 fully saturated rings. The maximum absolute atomic E-state index is 12.9. The summed E-state index contributed by atoms with van der Waals surface area (Å²) in [5.74, 6) is -1.14. The first kappa shape index (κ1) is 16.3. The summed E-state index contributed by atoms with van der Waals surface area (Å²) < 4.78 is 1.57. The van der Waals surface area contributed by atoms with Gasteiger partial charge in [-0.3, -0.25) is 9.59 Å². The Bertz CT molecular complexity index is 751. The van der Waals surface area contributed by atoms with Crippen LogP contribution in [0.2, 0.25) is 5.02 Å². The highest BCUT2D eigenvalue weighted by molar-refractivity contribution is 6.35. The van der Waals surface area contributed by atoms with Crippen molar-refractivity contribution < 1.29 is 14.7 Å². The van der Waals surface area contributed by atoms with Gasteiger partial charge in [-0.2, -0.15) is 0 Å². The van der Waals surface area contributed by atoms with Crippen molar-refractivity contribution in [2.24, 2.45) is 7.05 Å². The molecule has 0 aliphatic carbocycles. The fraction of sp³-hybridized carbons (Fsp3) is 0.294. The zero-order valence-corrected chi connectivity index (χ0v) is 13.8. The van der Waals surface area contributed by atoms with Crippen molar-refractivity contribution in [3.63, 3.8) is 0 Å². The lowest BCUT2D eigenvalue weighted by molar-refractivity contribution is -0.136. The lowest BCUT2D eigenvalue weighted by atomic mass is 9.95. The minimum atomic E-state index is -0.959. The first-order chi connectivity index (χ1) is 10.2. The van der Waals surface area contributed by atoms with Gasteiger partial charge in [-0.05, 0) is 38.0 Å². The Morgan fingerprint density at radius 3 is 2.18 bits per heavy atom. The van der Waals surface area contributed by atoms with E-state index in [0.717, 1.165) is 16.7 Å². The Morgan fingerprint density at radius 1 is 1.14 bits per heavy atom. The zero-order valence-electron chi connectivity index (χ0n) is 13.0. The van der Waals surface area contributed by atoms with E-state index in [1.807, 2.05) is 32.9 Å². The molecule has 1 aromatic heterocycles. The molecule has 5 heteroatoms. The molecular weight excluding hydrogens is 302 g/mol. The molecule has 0 saturated heterocycles. The molecule has 0 saturated carbocycles. The third-order valence-electron chi connectivity index (χ3n) is 3.74. The van der Waals surface area contributed by atoms with Crippen molar-refractivity contribution in [3.8, 4) is 0 Å². The Morgan fingerprint density at radius 2 is 1.68 bits per heavy atom. The molecule has 1 aromatic carbocycles. The summed E-state index contributed by atoms with van der Waals surface area (Å²) in [4.78, 5) is 23.8. The molecule has 2 rings (SSSR count). The predicted molar refractivity (Wildman–Crippen MR) is 85.8 cm³/mol. The van der Waals surface area contributed by atoms with Crippen LogP contribution in [0.5, 0.6) is 0 Å². The molecule has 4 nitrogen and oxygen atoms in total. The number of hydrogen-bond acceptors (Lipinski definition) is 2. The smallest absolute Gasteiger partial charge is 0.309 e. The highest BCUT2D eigenvalue weighted by Crippen LogP contribution is 2.27. The van der Waals surface area contributed by atoms with Crippen molar-refractivity contribution >= 4 is 23.4 Å². The molecule has 0 radical (unpaired) electrons. The van der Waals surface area contributed by atoms with E-state index >= 15 is 0 Å². The second-order valence-corrected chi connectivity index (χ2v) is 5.97. The van der Waals surface area contributed by atoms with Crippen LogP contribution in [0.3, 0.4) is 0 Å². The monoisotopic (exact) mass is 319 g/mol. The van der Waals surface area contributed by atoms with Crippen molar-refractivity contribution in [1.82, 2.24) is 4.57 Å². The lowest BCUT2D eigenvalue weighted by Crippen LogP contribution is -2.14. The molecule has 0 aliphatic heterocycles. The minimum Gasteiger partial charge on any atom is -0.481 e. The molecule has 2 aromatic rings. The van der Waals surface area contributed by atoms with E-state index in [4.69, 9.17) is 16.7 Å². The number of carbonyl (C=O) groups is 2. The van der Waals surface area contributed by atoms with Gasteiger partial charge in [-0.15, -0.1) is 0 Å². The number of benzene rings is 1.